The van der Waals surface area contributed by atoms with Gasteiger partial charge in [-0.3, -0.25) is 9.48 Å². The molecule has 0 radical (unpaired) electrons. The molecule has 0 saturated carbocycles. The summed E-state index contributed by atoms with van der Waals surface area (Å²) in [6.07, 6.45) is 1.43. The molecule has 0 N–H and O–H groups in total. The van der Waals surface area contributed by atoms with Crippen molar-refractivity contribution >= 4 is 5.97 Å². The van der Waals surface area contributed by atoms with E-state index in [1.165, 1.54) is 6.33 Å². The second-order valence-corrected chi connectivity index (χ2v) is 3.55. The molecule has 0 amide bonds. The van der Waals surface area contributed by atoms with Gasteiger partial charge < -0.3 is 4.74 Å². The third kappa shape index (κ3) is 1.76. The number of aromatic nitrogens is 3. The SMILES string of the molecule is CCOC(=O)C(C)(C)c1ncnn1C. The van der Waals surface area contributed by atoms with Gasteiger partial charge in [0.2, 0.25) is 0 Å². The second kappa shape index (κ2) is 3.77. The highest BCUT2D eigenvalue weighted by atomic mass is 16.5. The van der Waals surface area contributed by atoms with Gasteiger partial charge in [-0.2, -0.15) is 5.10 Å². The van der Waals surface area contributed by atoms with Crippen LogP contribution in [0.3, 0.4) is 0 Å². The van der Waals surface area contributed by atoms with Crippen LogP contribution in [0, 0.1) is 0 Å². The number of aryl methyl sites for hydroxylation is 1. The number of rotatable bonds is 3. The van der Waals surface area contributed by atoms with Crippen molar-refractivity contribution in [2.24, 2.45) is 7.05 Å². The zero-order chi connectivity index (χ0) is 10.8. The molecule has 0 aliphatic heterocycles. The molecule has 1 rings (SSSR count). The third-order valence-corrected chi connectivity index (χ3v) is 2.06. The van der Waals surface area contributed by atoms with Gasteiger partial charge in [0.1, 0.15) is 17.6 Å². The zero-order valence-corrected chi connectivity index (χ0v) is 8.94. The highest BCUT2D eigenvalue weighted by Gasteiger charge is 2.35. The van der Waals surface area contributed by atoms with E-state index in [1.807, 2.05) is 0 Å². The molecule has 0 atom stereocenters. The molecule has 0 aliphatic carbocycles. The van der Waals surface area contributed by atoms with Crippen molar-refractivity contribution in [1.82, 2.24) is 14.8 Å². The number of carbonyl (C=O) groups is 1. The number of hydrogen-bond donors (Lipinski definition) is 0. The first-order chi connectivity index (χ1) is 6.50. The van der Waals surface area contributed by atoms with Gasteiger partial charge in [-0.25, -0.2) is 4.98 Å². The Morgan fingerprint density at radius 2 is 2.29 bits per heavy atom. The molecule has 1 aromatic rings. The molecule has 1 heterocycles. The minimum absolute atomic E-state index is 0.281. The predicted molar refractivity (Wildman–Crippen MR) is 50.7 cm³/mol. The maximum Gasteiger partial charge on any atom is 0.319 e. The van der Waals surface area contributed by atoms with Crippen LogP contribution in [-0.2, 0) is 22.0 Å². The third-order valence-electron chi connectivity index (χ3n) is 2.06. The van der Waals surface area contributed by atoms with Gasteiger partial charge in [0.15, 0.2) is 0 Å². The minimum Gasteiger partial charge on any atom is -0.465 e. The van der Waals surface area contributed by atoms with Gasteiger partial charge in [-0.1, -0.05) is 0 Å². The lowest BCUT2D eigenvalue weighted by Crippen LogP contribution is -2.34. The second-order valence-electron chi connectivity index (χ2n) is 3.55. The summed E-state index contributed by atoms with van der Waals surface area (Å²) in [5.74, 6) is 0.326. The monoisotopic (exact) mass is 197 g/mol. The van der Waals surface area contributed by atoms with Gasteiger partial charge in [-0.15, -0.1) is 0 Å². The van der Waals surface area contributed by atoms with Crippen LogP contribution in [0.15, 0.2) is 6.33 Å². The van der Waals surface area contributed by atoms with Crippen LogP contribution in [0.1, 0.15) is 26.6 Å². The Kier molecular flexibility index (Phi) is 2.88. The zero-order valence-electron chi connectivity index (χ0n) is 8.94. The van der Waals surface area contributed by atoms with E-state index in [0.29, 0.717) is 12.4 Å². The molecule has 0 aliphatic rings. The summed E-state index contributed by atoms with van der Waals surface area (Å²) in [5.41, 5.74) is -0.749. The predicted octanol–water partition coefficient (Wildman–Crippen LogP) is 0.656. The minimum atomic E-state index is -0.749. The van der Waals surface area contributed by atoms with Crippen LogP contribution in [0.2, 0.25) is 0 Å². The molecule has 1 aromatic heterocycles. The van der Waals surface area contributed by atoms with Crippen molar-refractivity contribution in [2.75, 3.05) is 6.61 Å². The fraction of sp³-hybridized carbons (Fsp3) is 0.667. The molecular weight excluding hydrogens is 182 g/mol. The molecular formula is C9H15N3O2. The molecule has 5 nitrogen and oxygen atoms in total. The summed E-state index contributed by atoms with van der Waals surface area (Å²) < 4.78 is 6.55. The van der Waals surface area contributed by atoms with E-state index in [1.54, 1.807) is 32.5 Å². The van der Waals surface area contributed by atoms with Crippen LogP contribution >= 0.6 is 0 Å². The molecule has 78 valence electrons. The highest BCUT2D eigenvalue weighted by Crippen LogP contribution is 2.21. The van der Waals surface area contributed by atoms with Gasteiger partial charge in [0.05, 0.1) is 6.61 Å². The van der Waals surface area contributed by atoms with Crippen LogP contribution in [0.5, 0.6) is 0 Å². The van der Waals surface area contributed by atoms with Crippen LogP contribution in [-0.4, -0.2) is 27.3 Å². The molecule has 0 saturated heterocycles. The van der Waals surface area contributed by atoms with E-state index in [0.717, 1.165) is 0 Å². The molecule has 0 spiro atoms. The Balaban J connectivity index is 2.95. The van der Waals surface area contributed by atoms with E-state index in [2.05, 4.69) is 10.1 Å². The standard InChI is InChI=1S/C9H15N3O2/c1-5-14-8(13)9(2,3)7-10-6-11-12(7)4/h6H,5H2,1-4H3. The number of esters is 1. The number of nitrogens with zero attached hydrogens (tertiary/aromatic N) is 3. The number of ether oxygens (including phenoxy) is 1. The van der Waals surface area contributed by atoms with E-state index in [9.17, 15) is 4.79 Å². The fourth-order valence-electron chi connectivity index (χ4n) is 1.26. The van der Waals surface area contributed by atoms with Crippen molar-refractivity contribution in [3.8, 4) is 0 Å². The molecule has 0 bridgehead atoms. The molecule has 14 heavy (non-hydrogen) atoms. The van der Waals surface area contributed by atoms with E-state index in [-0.39, 0.29) is 5.97 Å². The molecule has 0 fully saturated rings. The van der Waals surface area contributed by atoms with E-state index in [4.69, 9.17) is 4.74 Å². The summed E-state index contributed by atoms with van der Waals surface area (Å²) >= 11 is 0. The largest absolute Gasteiger partial charge is 0.465 e. The topological polar surface area (TPSA) is 57.0 Å². The maximum absolute atomic E-state index is 11.6. The number of carbonyl (C=O) groups excluding carboxylic acids is 1. The van der Waals surface area contributed by atoms with Crippen LogP contribution in [0.25, 0.3) is 0 Å². The lowest BCUT2D eigenvalue weighted by molar-refractivity contribution is -0.149. The lowest BCUT2D eigenvalue weighted by atomic mass is 9.92. The normalized spacial score (nSPS) is 11.4. The smallest absolute Gasteiger partial charge is 0.319 e. The lowest BCUT2D eigenvalue weighted by Gasteiger charge is -2.20. The van der Waals surface area contributed by atoms with Gasteiger partial charge in [0, 0.05) is 7.05 Å². The summed E-state index contributed by atoms with van der Waals surface area (Å²) in [6, 6.07) is 0. The molecule has 5 heteroatoms. The summed E-state index contributed by atoms with van der Waals surface area (Å²) in [4.78, 5) is 15.7. The summed E-state index contributed by atoms with van der Waals surface area (Å²) in [7, 11) is 1.75. The first-order valence-electron chi connectivity index (χ1n) is 4.51. The Morgan fingerprint density at radius 1 is 1.64 bits per heavy atom. The molecule has 0 unspecified atom stereocenters. The quantitative estimate of drug-likeness (QED) is 0.668. The molecule has 0 aromatic carbocycles. The van der Waals surface area contributed by atoms with E-state index >= 15 is 0 Å². The van der Waals surface area contributed by atoms with Crippen molar-refractivity contribution < 1.29 is 9.53 Å². The van der Waals surface area contributed by atoms with Crippen LogP contribution in [0.4, 0.5) is 0 Å². The van der Waals surface area contributed by atoms with Gasteiger partial charge in [0.25, 0.3) is 0 Å². The Bertz CT molecular complexity index is 331. The first-order valence-corrected chi connectivity index (χ1v) is 4.51. The fourth-order valence-corrected chi connectivity index (χ4v) is 1.26. The Labute approximate surface area is 83.1 Å². The van der Waals surface area contributed by atoms with Crippen molar-refractivity contribution in [2.45, 2.75) is 26.2 Å². The van der Waals surface area contributed by atoms with Crippen molar-refractivity contribution in [3.63, 3.8) is 0 Å². The summed E-state index contributed by atoms with van der Waals surface area (Å²) in [6.45, 7) is 5.70. The Hall–Kier alpha value is -1.39. The van der Waals surface area contributed by atoms with Crippen molar-refractivity contribution in [3.05, 3.63) is 12.2 Å². The van der Waals surface area contributed by atoms with Crippen molar-refractivity contribution in [1.29, 1.82) is 0 Å². The van der Waals surface area contributed by atoms with Crippen LogP contribution < -0.4 is 0 Å². The first kappa shape index (κ1) is 10.7. The van der Waals surface area contributed by atoms with Gasteiger partial charge >= 0.3 is 5.97 Å². The highest BCUT2D eigenvalue weighted by molar-refractivity contribution is 5.80. The van der Waals surface area contributed by atoms with Gasteiger partial charge in [-0.05, 0) is 20.8 Å². The Morgan fingerprint density at radius 3 is 2.71 bits per heavy atom. The van der Waals surface area contributed by atoms with E-state index < -0.39 is 5.41 Å². The average molecular weight is 197 g/mol. The summed E-state index contributed by atoms with van der Waals surface area (Å²) in [5, 5.41) is 3.92. The maximum atomic E-state index is 11.6. The average Bonchev–Trinajstić information content (AvgIpc) is 2.52. The number of hydrogen-bond acceptors (Lipinski definition) is 4.